The standard InChI is InChI=1S/C8H8N4O2/c9-8-11-10-7(13-8)5-3-6(14-12-5)4-1-2-4/h3-4H,1-2H2,(H2,9,11). The van der Waals surface area contributed by atoms with Crippen molar-refractivity contribution in [3.05, 3.63) is 11.8 Å². The number of nitrogens with zero attached hydrogens (tertiary/aromatic N) is 3. The molecule has 6 nitrogen and oxygen atoms in total. The highest BCUT2D eigenvalue weighted by Gasteiger charge is 2.28. The average molecular weight is 192 g/mol. The van der Waals surface area contributed by atoms with E-state index in [0.29, 0.717) is 17.5 Å². The van der Waals surface area contributed by atoms with E-state index in [-0.39, 0.29) is 6.01 Å². The zero-order valence-corrected chi connectivity index (χ0v) is 7.30. The summed E-state index contributed by atoms with van der Waals surface area (Å²) < 4.78 is 10.1. The first-order chi connectivity index (χ1) is 6.83. The van der Waals surface area contributed by atoms with E-state index in [1.807, 2.05) is 6.07 Å². The highest BCUT2D eigenvalue weighted by molar-refractivity contribution is 5.47. The van der Waals surface area contributed by atoms with Crippen LogP contribution in [0.2, 0.25) is 0 Å². The lowest BCUT2D eigenvalue weighted by Crippen LogP contribution is -1.81. The van der Waals surface area contributed by atoms with Crippen molar-refractivity contribution >= 4 is 6.01 Å². The molecule has 3 rings (SSSR count). The van der Waals surface area contributed by atoms with Crippen LogP contribution < -0.4 is 5.73 Å². The van der Waals surface area contributed by atoms with Crippen molar-refractivity contribution in [3.63, 3.8) is 0 Å². The summed E-state index contributed by atoms with van der Waals surface area (Å²) in [5.74, 6) is 1.71. The minimum absolute atomic E-state index is 0.0379. The van der Waals surface area contributed by atoms with Gasteiger partial charge in [0.05, 0.1) is 0 Å². The Hall–Kier alpha value is -1.85. The summed E-state index contributed by atoms with van der Waals surface area (Å²) in [6, 6.07) is 1.86. The van der Waals surface area contributed by atoms with E-state index < -0.39 is 0 Å². The highest BCUT2D eigenvalue weighted by Crippen LogP contribution is 2.41. The van der Waals surface area contributed by atoms with Gasteiger partial charge in [0.1, 0.15) is 5.76 Å². The highest BCUT2D eigenvalue weighted by atomic mass is 16.5. The minimum Gasteiger partial charge on any atom is -0.402 e. The van der Waals surface area contributed by atoms with E-state index in [2.05, 4.69) is 15.4 Å². The van der Waals surface area contributed by atoms with Crippen LogP contribution >= 0.6 is 0 Å². The molecule has 1 aliphatic carbocycles. The fraction of sp³-hybridized carbons (Fsp3) is 0.375. The number of hydrogen-bond donors (Lipinski definition) is 1. The van der Waals surface area contributed by atoms with Crippen LogP contribution in [0.15, 0.2) is 15.0 Å². The third-order valence-electron chi connectivity index (χ3n) is 2.17. The topological polar surface area (TPSA) is 91.0 Å². The van der Waals surface area contributed by atoms with E-state index in [0.717, 1.165) is 5.76 Å². The SMILES string of the molecule is Nc1nnc(-c2cc(C3CC3)on2)o1. The molecule has 0 radical (unpaired) electrons. The van der Waals surface area contributed by atoms with E-state index in [9.17, 15) is 0 Å². The van der Waals surface area contributed by atoms with Crippen LogP contribution in [0.1, 0.15) is 24.5 Å². The lowest BCUT2D eigenvalue weighted by atomic mass is 10.3. The Morgan fingerprint density at radius 3 is 2.86 bits per heavy atom. The quantitative estimate of drug-likeness (QED) is 0.768. The number of rotatable bonds is 2. The van der Waals surface area contributed by atoms with Crippen LogP contribution in [0.5, 0.6) is 0 Å². The fourth-order valence-corrected chi connectivity index (χ4v) is 1.29. The van der Waals surface area contributed by atoms with Gasteiger partial charge in [0, 0.05) is 12.0 Å². The summed E-state index contributed by atoms with van der Waals surface area (Å²) >= 11 is 0. The monoisotopic (exact) mass is 192 g/mol. The Morgan fingerprint density at radius 2 is 2.21 bits per heavy atom. The smallest absolute Gasteiger partial charge is 0.313 e. The summed E-state index contributed by atoms with van der Waals surface area (Å²) in [6.07, 6.45) is 2.33. The van der Waals surface area contributed by atoms with E-state index >= 15 is 0 Å². The average Bonchev–Trinajstić information content (AvgIpc) is 2.76. The zero-order valence-electron chi connectivity index (χ0n) is 7.30. The van der Waals surface area contributed by atoms with Crippen LogP contribution in [-0.2, 0) is 0 Å². The third-order valence-corrected chi connectivity index (χ3v) is 2.17. The second-order valence-electron chi connectivity index (χ2n) is 3.33. The molecule has 2 heterocycles. The fourth-order valence-electron chi connectivity index (χ4n) is 1.29. The summed E-state index contributed by atoms with van der Waals surface area (Å²) in [5, 5.41) is 11.1. The molecule has 2 aromatic heterocycles. The maximum Gasteiger partial charge on any atom is 0.313 e. The van der Waals surface area contributed by atoms with Crippen molar-refractivity contribution in [2.45, 2.75) is 18.8 Å². The Balaban J connectivity index is 1.95. The first-order valence-electron chi connectivity index (χ1n) is 4.39. The molecule has 0 unspecified atom stereocenters. The second-order valence-corrected chi connectivity index (χ2v) is 3.33. The van der Waals surface area contributed by atoms with Gasteiger partial charge >= 0.3 is 6.01 Å². The Morgan fingerprint density at radius 1 is 1.36 bits per heavy atom. The van der Waals surface area contributed by atoms with Crippen LogP contribution in [0.4, 0.5) is 6.01 Å². The van der Waals surface area contributed by atoms with Gasteiger partial charge in [-0.25, -0.2) is 0 Å². The van der Waals surface area contributed by atoms with Crippen molar-refractivity contribution in [1.29, 1.82) is 0 Å². The normalized spacial score (nSPS) is 16.0. The number of hydrogen-bond acceptors (Lipinski definition) is 6. The zero-order chi connectivity index (χ0) is 9.54. The molecule has 0 aliphatic heterocycles. The Labute approximate surface area is 79.1 Å². The molecule has 0 spiro atoms. The van der Waals surface area contributed by atoms with Gasteiger partial charge in [-0.3, -0.25) is 0 Å². The van der Waals surface area contributed by atoms with Crippen molar-refractivity contribution in [2.75, 3.05) is 5.73 Å². The molecule has 0 saturated heterocycles. The molecule has 1 fully saturated rings. The van der Waals surface area contributed by atoms with Crippen LogP contribution in [-0.4, -0.2) is 15.4 Å². The van der Waals surface area contributed by atoms with Crippen molar-refractivity contribution < 1.29 is 8.94 Å². The van der Waals surface area contributed by atoms with Gasteiger partial charge in [0.15, 0.2) is 5.69 Å². The van der Waals surface area contributed by atoms with Gasteiger partial charge in [-0.05, 0) is 12.8 Å². The molecule has 0 aromatic carbocycles. The van der Waals surface area contributed by atoms with E-state index in [4.69, 9.17) is 14.7 Å². The van der Waals surface area contributed by atoms with E-state index in [1.165, 1.54) is 12.8 Å². The summed E-state index contributed by atoms with van der Waals surface area (Å²) in [7, 11) is 0. The van der Waals surface area contributed by atoms with Crippen molar-refractivity contribution in [1.82, 2.24) is 15.4 Å². The van der Waals surface area contributed by atoms with Gasteiger partial charge in [0.25, 0.3) is 5.89 Å². The first-order valence-corrected chi connectivity index (χ1v) is 4.39. The second kappa shape index (κ2) is 2.57. The number of aromatic nitrogens is 3. The molecule has 0 atom stereocenters. The molecule has 6 heteroatoms. The largest absolute Gasteiger partial charge is 0.402 e. The summed E-state index contributed by atoms with van der Waals surface area (Å²) in [4.78, 5) is 0. The maximum atomic E-state index is 5.30. The molecular formula is C8H8N4O2. The molecule has 72 valence electrons. The molecule has 2 N–H and O–H groups in total. The molecular weight excluding hydrogens is 184 g/mol. The number of nitrogens with two attached hydrogens (primary N) is 1. The molecule has 1 saturated carbocycles. The van der Waals surface area contributed by atoms with Gasteiger partial charge in [-0.2, -0.15) is 0 Å². The van der Waals surface area contributed by atoms with Gasteiger partial charge in [0.2, 0.25) is 0 Å². The van der Waals surface area contributed by atoms with Crippen molar-refractivity contribution in [3.8, 4) is 11.6 Å². The molecule has 2 aromatic rings. The molecule has 14 heavy (non-hydrogen) atoms. The van der Waals surface area contributed by atoms with Crippen molar-refractivity contribution in [2.24, 2.45) is 0 Å². The summed E-state index contributed by atoms with van der Waals surface area (Å²) in [5.41, 5.74) is 5.85. The Kier molecular flexibility index (Phi) is 1.38. The van der Waals surface area contributed by atoms with E-state index in [1.54, 1.807) is 0 Å². The van der Waals surface area contributed by atoms with Crippen LogP contribution in [0.25, 0.3) is 11.6 Å². The predicted molar refractivity (Wildman–Crippen MR) is 46.2 cm³/mol. The van der Waals surface area contributed by atoms with Gasteiger partial charge in [-0.15, -0.1) is 5.10 Å². The van der Waals surface area contributed by atoms with Crippen LogP contribution in [0.3, 0.4) is 0 Å². The molecule has 0 bridgehead atoms. The third kappa shape index (κ3) is 1.15. The van der Waals surface area contributed by atoms with Gasteiger partial charge in [-0.1, -0.05) is 10.3 Å². The maximum absolute atomic E-state index is 5.30. The number of anilines is 1. The lowest BCUT2D eigenvalue weighted by Gasteiger charge is -1.81. The summed E-state index contributed by atoms with van der Waals surface area (Å²) in [6.45, 7) is 0. The molecule has 0 amide bonds. The van der Waals surface area contributed by atoms with Crippen LogP contribution in [0, 0.1) is 0 Å². The predicted octanol–water partition coefficient (Wildman–Crippen LogP) is 1.18. The minimum atomic E-state index is 0.0379. The lowest BCUT2D eigenvalue weighted by molar-refractivity contribution is 0.384. The van der Waals surface area contributed by atoms with Gasteiger partial charge < -0.3 is 14.7 Å². The number of nitrogen functional groups attached to an aromatic ring is 1. The Bertz CT molecular complexity index is 457. The first kappa shape index (κ1) is 7.54. The molecule has 1 aliphatic rings.